The van der Waals surface area contributed by atoms with Gasteiger partial charge >= 0.3 is 0 Å². The fourth-order valence-electron chi connectivity index (χ4n) is 3.70. The topological polar surface area (TPSA) is 0 Å². The Labute approximate surface area is 123 Å². The molecule has 0 aliphatic rings. The largest absolute Gasteiger partial charge is 0.0616 e. The molecule has 0 atom stereocenters. The molecule has 0 aliphatic carbocycles. The molecule has 0 fully saturated rings. The highest BCUT2D eigenvalue weighted by atomic mass is 14.1. The van der Waals surface area contributed by atoms with E-state index in [1.165, 1.54) is 48.7 Å². The molecule has 0 nitrogen and oxygen atoms in total. The van der Waals surface area contributed by atoms with Crippen LogP contribution in [0.1, 0.15) is 5.56 Å². The van der Waals surface area contributed by atoms with Crippen molar-refractivity contribution in [3.05, 3.63) is 72.3 Å². The third-order valence-electron chi connectivity index (χ3n) is 4.72. The van der Waals surface area contributed by atoms with Gasteiger partial charge in [-0.2, -0.15) is 0 Å². The lowest BCUT2D eigenvalue weighted by Gasteiger charge is -2.14. The molecule has 5 aromatic carbocycles. The number of hydrogen-bond donors (Lipinski definition) is 0. The molecule has 0 saturated carbocycles. The van der Waals surface area contributed by atoms with Crippen molar-refractivity contribution < 1.29 is 0 Å². The molecule has 0 unspecified atom stereocenters. The summed E-state index contributed by atoms with van der Waals surface area (Å²) in [6.45, 7) is 2.20. The number of rotatable bonds is 0. The summed E-state index contributed by atoms with van der Waals surface area (Å²) in [6, 6.07) is 24.5. The molecule has 0 saturated heterocycles. The van der Waals surface area contributed by atoms with E-state index in [1.54, 1.807) is 0 Å². The van der Waals surface area contributed by atoms with Gasteiger partial charge in [0.05, 0.1) is 0 Å². The normalized spacial score (nSPS) is 12.0. The van der Waals surface area contributed by atoms with Crippen molar-refractivity contribution in [2.75, 3.05) is 0 Å². The first-order chi connectivity index (χ1) is 10.3. The molecular weight excluding hydrogens is 252 g/mol. The average Bonchev–Trinajstić information content (AvgIpc) is 2.54. The molecule has 0 amide bonds. The molecule has 5 rings (SSSR count). The quantitative estimate of drug-likeness (QED) is 0.236. The van der Waals surface area contributed by atoms with Crippen LogP contribution in [0, 0.1) is 6.92 Å². The number of hydrogen-bond acceptors (Lipinski definition) is 0. The second-order valence-electron chi connectivity index (χ2n) is 5.90. The summed E-state index contributed by atoms with van der Waals surface area (Å²) in [4.78, 5) is 0. The molecule has 98 valence electrons. The Hall–Kier alpha value is -2.60. The minimum Gasteiger partial charge on any atom is -0.0616 e. The van der Waals surface area contributed by atoms with Gasteiger partial charge in [-0.25, -0.2) is 0 Å². The highest BCUT2D eigenvalue weighted by Crippen LogP contribution is 2.39. The molecule has 0 N–H and O–H groups in total. The summed E-state index contributed by atoms with van der Waals surface area (Å²) in [7, 11) is 0. The Morgan fingerprint density at radius 2 is 1.24 bits per heavy atom. The van der Waals surface area contributed by atoms with Gasteiger partial charge in [0.15, 0.2) is 0 Å². The predicted octanol–water partition coefficient (Wildman–Crippen LogP) is 6.05. The van der Waals surface area contributed by atoms with Crippen molar-refractivity contribution >= 4 is 43.1 Å². The van der Waals surface area contributed by atoms with Crippen LogP contribution in [-0.4, -0.2) is 0 Å². The zero-order valence-electron chi connectivity index (χ0n) is 11.9. The lowest BCUT2D eigenvalue weighted by atomic mass is 9.90. The summed E-state index contributed by atoms with van der Waals surface area (Å²) >= 11 is 0. The highest BCUT2D eigenvalue weighted by molar-refractivity contribution is 6.29. The van der Waals surface area contributed by atoms with Crippen LogP contribution < -0.4 is 0 Å². The molecule has 0 heterocycles. The van der Waals surface area contributed by atoms with Crippen molar-refractivity contribution in [1.82, 2.24) is 0 Å². The molecule has 5 aromatic rings. The lowest BCUT2D eigenvalue weighted by Crippen LogP contribution is -1.87. The second-order valence-corrected chi connectivity index (χ2v) is 5.90. The Morgan fingerprint density at radius 1 is 0.524 bits per heavy atom. The fraction of sp³-hybridized carbons (Fsp3) is 0.0476. The van der Waals surface area contributed by atoms with Crippen molar-refractivity contribution in [2.24, 2.45) is 0 Å². The van der Waals surface area contributed by atoms with E-state index in [0.29, 0.717) is 0 Å². The van der Waals surface area contributed by atoms with Crippen LogP contribution in [0.15, 0.2) is 66.7 Å². The maximum absolute atomic E-state index is 2.32. The monoisotopic (exact) mass is 266 g/mol. The molecule has 0 radical (unpaired) electrons. The number of benzene rings is 5. The van der Waals surface area contributed by atoms with Gasteiger partial charge in [0.1, 0.15) is 0 Å². The van der Waals surface area contributed by atoms with Crippen LogP contribution in [0.2, 0.25) is 0 Å². The van der Waals surface area contributed by atoms with Crippen LogP contribution in [0.25, 0.3) is 43.1 Å². The number of fused-ring (bicyclic) bond motifs is 2. The standard InChI is InChI=1S/C21H14/c1-13-6-7-14-8-9-16-12-15-4-2-3-5-18(15)19-11-10-17(13)20(14)21(16)19/h2-12H,1H3. The lowest BCUT2D eigenvalue weighted by molar-refractivity contribution is 1.55. The maximum Gasteiger partial charge on any atom is -0.00203 e. The minimum atomic E-state index is 1.32. The second kappa shape index (κ2) is 3.73. The SMILES string of the molecule is Cc1ccc2ccc3cc4ccccc4c4ccc1c2c34. The Morgan fingerprint density at radius 3 is 2.19 bits per heavy atom. The van der Waals surface area contributed by atoms with E-state index in [4.69, 9.17) is 0 Å². The molecular formula is C21H14. The third kappa shape index (κ3) is 1.34. The van der Waals surface area contributed by atoms with Crippen LogP contribution in [-0.2, 0) is 0 Å². The first-order valence-corrected chi connectivity index (χ1v) is 7.39. The first-order valence-electron chi connectivity index (χ1n) is 7.39. The van der Waals surface area contributed by atoms with E-state index in [1.807, 2.05) is 0 Å². The predicted molar refractivity (Wildman–Crippen MR) is 92.4 cm³/mol. The van der Waals surface area contributed by atoms with Crippen LogP contribution in [0.5, 0.6) is 0 Å². The summed E-state index contributed by atoms with van der Waals surface area (Å²) in [5.41, 5.74) is 1.35. The first kappa shape index (κ1) is 11.1. The molecule has 0 bridgehead atoms. The smallest absolute Gasteiger partial charge is 0.00203 e. The van der Waals surface area contributed by atoms with Gasteiger partial charge in [0.2, 0.25) is 0 Å². The Kier molecular flexibility index (Phi) is 1.97. The molecule has 0 spiro atoms. The van der Waals surface area contributed by atoms with Crippen LogP contribution in [0.3, 0.4) is 0 Å². The zero-order valence-corrected chi connectivity index (χ0v) is 11.9. The summed E-state index contributed by atoms with van der Waals surface area (Å²) in [5, 5.41) is 10.9. The van der Waals surface area contributed by atoms with Gasteiger partial charge in [-0.3, -0.25) is 0 Å². The molecule has 21 heavy (non-hydrogen) atoms. The minimum absolute atomic E-state index is 1.32. The van der Waals surface area contributed by atoms with Gasteiger partial charge < -0.3 is 0 Å². The third-order valence-corrected chi connectivity index (χ3v) is 4.72. The van der Waals surface area contributed by atoms with Gasteiger partial charge in [0.25, 0.3) is 0 Å². The van der Waals surface area contributed by atoms with E-state index in [-0.39, 0.29) is 0 Å². The summed E-state index contributed by atoms with van der Waals surface area (Å²) in [6.07, 6.45) is 0. The van der Waals surface area contributed by atoms with Crippen LogP contribution in [0.4, 0.5) is 0 Å². The summed E-state index contributed by atoms with van der Waals surface area (Å²) in [5.74, 6) is 0. The molecule has 0 heteroatoms. The van der Waals surface area contributed by atoms with E-state index in [0.717, 1.165) is 0 Å². The Balaban J connectivity index is 2.21. The van der Waals surface area contributed by atoms with E-state index in [9.17, 15) is 0 Å². The van der Waals surface area contributed by atoms with Gasteiger partial charge in [-0.05, 0) is 61.6 Å². The van der Waals surface area contributed by atoms with E-state index in [2.05, 4.69) is 73.7 Å². The van der Waals surface area contributed by atoms with Crippen LogP contribution >= 0.6 is 0 Å². The van der Waals surface area contributed by atoms with Crippen molar-refractivity contribution in [2.45, 2.75) is 6.92 Å². The summed E-state index contributed by atoms with van der Waals surface area (Å²) < 4.78 is 0. The van der Waals surface area contributed by atoms with E-state index >= 15 is 0 Å². The van der Waals surface area contributed by atoms with Crippen molar-refractivity contribution in [1.29, 1.82) is 0 Å². The number of aryl methyl sites for hydroxylation is 1. The van der Waals surface area contributed by atoms with Gasteiger partial charge in [-0.1, -0.05) is 60.7 Å². The zero-order chi connectivity index (χ0) is 14.0. The highest BCUT2D eigenvalue weighted by Gasteiger charge is 2.11. The van der Waals surface area contributed by atoms with Gasteiger partial charge in [-0.15, -0.1) is 0 Å². The molecule has 0 aromatic heterocycles. The molecule has 0 aliphatic heterocycles. The van der Waals surface area contributed by atoms with Gasteiger partial charge in [0, 0.05) is 0 Å². The van der Waals surface area contributed by atoms with Crippen molar-refractivity contribution in [3.63, 3.8) is 0 Å². The average molecular weight is 266 g/mol. The van der Waals surface area contributed by atoms with E-state index < -0.39 is 0 Å². The van der Waals surface area contributed by atoms with Crippen molar-refractivity contribution in [3.8, 4) is 0 Å². The maximum atomic E-state index is 2.32. The Bertz CT molecular complexity index is 1130. The fourth-order valence-corrected chi connectivity index (χ4v) is 3.70.